The molecule has 1 N–H and O–H groups in total. The van der Waals surface area contributed by atoms with Gasteiger partial charge in [-0.05, 0) is 24.5 Å². The van der Waals surface area contributed by atoms with Gasteiger partial charge in [0.2, 0.25) is 0 Å². The molecule has 0 saturated carbocycles. The Morgan fingerprint density at radius 1 is 1.30 bits per heavy atom. The Hall–Kier alpha value is -3.11. The van der Waals surface area contributed by atoms with E-state index in [1.165, 1.54) is 0 Å². The molecule has 156 valence electrons. The Kier molecular flexibility index (Phi) is 5.86. The monoisotopic (exact) mass is 406 g/mol. The smallest absolute Gasteiger partial charge is 0.270 e. The largest absolute Gasteiger partial charge is 0.373 e. The van der Waals surface area contributed by atoms with Crippen molar-refractivity contribution in [3.63, 3.8) is 0 Å². The topological polar surface area (TPSA) is 87.4 Å². The van der Waals surface area contributed by atoms with Crippen LogP contribution in [0.3, 0.4) is 0 Å². The molecule has 0 bridgehead atoms. The third kappa shape index (κ3) is 3.83. The zero-order valence-corrected chi connectivity index (χ0v) is 17.1. The second-order valence-corrected chi connectivity index (χ2v) is 7.81. The van der Waals surface area contributed by atoms with Crippen molar-refractivity contribution in [1.29, 1.82) is 5.26 Å². The first-order valence-electron chi connectivity index (χ1n) is 10.5. The van der Waals surface area contributed by atoms with Gasteiger partial charge in [-0.2, -0.15) is 5.26 Å². The standard InChI is InChI=1S/C23H26N4O3/c1-2-19(17-6-4-3-5-7-17)25-22(28)18-12-20(27-10-11-30-15-21(18)27)23(29)26-9-8-16(13-24)14-26/h3-7,12,16,19H,2,8-11,14-15H2,1H3,(H,25,28). The molecule has 1 fully saturated rings. The minimum Gasteiger partial charge on any atom is -0.373 e. The average Bonchev–Trinajstić information content (AvgIpc) is 3.42. The molecule has 2 aliphatic rings. The summed E-state index contributed by atoms with van der Waals surface area (Å²) in [5, 5.41) is 12.3. The van der Waals surface area contributed by atoms with E-state index in [1.54, 1.807) is 11.0 Å². The molecule has 0 spiro atoms. The number of likely N-dealkylation sites (tertiary alicyclic amines) is 1. The van der Waals surface area contributed by atoms with E-state index in [-0.39, 0.29) is 23.8 Å². The lowest BCUT2D eigenvalue weighted by Gasteiger charge is -2.22. The van der Waals surface area contributed by atoms with Gasteiger partial charge in [0, 0.05) is 19.6 Å². The molecule has 0 aliphatic carbocycles. The van der Waals surface area contributed by atoms with E-state index in [4.69, 9.17) is 10.00 Å². The minimum absolute atomic E-state index is 0.104. The molecular weight excluding hydrogens is 380 g/mol. The van der Waals surface area contributed by atoms with Crippen molar-refractivity contribution in [2.75, 3.05) is 19.7 Å². The SMILES string of the molecule is CCC(NC(=O)c1cc(C(=O)N2CCC(C#N)C2)n2c1COCC2)c1ccccc1. The lowest BCUT2D eigenvalue weighted by molar-refractivity contribution is 0.0712. The number of aromatic nitrogens is 1. The van der Waals surface area contributed by atoms with Crippen LogP contribution >= 0.6 is 0 Å². The second-order valence-electron chi connectivity index (χ2n) is 7.81. The summed E-state index contributed by atoms with van der Waals surface area (Å²) in [7, 11) is 0. The lowest BCUT2D eigenvalue weighted by atomic mass is 10.0. The zero-order valence-electron chi connectivity index (χ0n) is 17.1. The Morgan fingerprint density at radius 3 is 2.80 bits per heavy atom. The fraction of sp³-hybridized carbons (Fsp3) is 0.435. The predicted octanol–water partition coefficient (Wildman–Crippen LogP) is 2.89. The lowest BCUT2D eigenvalue weighted by Crippen LogP contribution is -2.32. The molecule has 2 unspecified atom stereocenters. The fourth-order valence-electron chi connectivity index (χ4n) is 4.25. The van der Waals surface area contributed by atoms with Gasteiger partial charge < -0.3 is 19.5 Å². The van der Waals surface area contributed by atoms with Gasteiger partial charge in [-0.25, -0.2) is 0 Å². The quantitative estimate of drug-likeness (QED) is 0.827. The Balaban J connectivity index is 1.60. The molecule has 1 aromatic heterocycles. The number of carbonyl (C=O) groups excluding carboxylic acids is 2. The molecule has 3 heterocycles. The van der Waals surface area contributed by atoms with Gasteiger partial charge in [0.05, 0.1) is 42.5 Å². The Labute approximate surface area is 176 Å². The molecule has 2 aromatic rings. The van der Waals surface area contributed by atoms with Crippen LogP contribution in [-0.4, -0.2) is 41.0 Å². The highest BCUT2D eigenvalue weighted by Gasteiger charge is 2.32. The zero-order chi connectivity index (χ0) is 21.1. The first-order chi connectivity index (χ1) is 14.6. The summed E-state index contributed by atoms with van der Waals surface area (Å²) in [4.78, 5) is 28.0. The summed E-state index contributed by atoms with van der Waals surface area (Å²) >= 11 is 0. The Morgan fingerprint density at radius 2 is 2.10 bits per heavy atom. The first kappa shape index (κ1) is 20.2. The molecule has 30 heavy (non-hydrogen) atoms. The summed E-state index contributed by atoms with van der Waals surface area (Å²) in [6, 6.07) is 13.7. The molecule has 2 amide bonds. The predicted molar refractivity (Wildman–Crippen MR) is 111 cm³/mol. The van der Waals surface area contributed by atoms with Gasteiger partial charge in [0.25, 0.3) is 11.8 Å². The van der Waals surface area contributed by atoms with Crippen LogP contribution in [0, 0.1) is 17.2 Å². The first-order valence-corrected chi connectivity index (χ1v) is 10.5. The highest BCUT2D eigenvalue weighted by atomic mass is 16.5. The van der Waals surface area contributed by atoms with E-state index >= 15 is 0 Å². The van der Waals surface area contributed by atoms with Crippen LogP contribution < -0.4 is 5.32 Å². The van der Waals surface area contributed by atoms with Gasteiger partial charge >= 0.3 is 0 Å². The van der Waals surface area contributed by atoms with Crippen LogP contribution in [0.1, 0.15) is 57.9 Å². The van der Waals surface area contributed by atoms with E-state index in [0.717, 1.165) is 17.7 Å². The molecule has 2 aliphatic heterocycles. The summed E-state index contributed by atoms with van der Waals surface area (Å²) in [5.74, 6) is -0.438. The van der Waals surface area contributed by atoms with Crippen molar-refractivity contribution in [3.8, 4) is 6.07 Å². The minimum atomic E-state index is -0.199. The van der Waals surface area contributed by atoms with Crippen LogP contribution in [0.15, 0.2) is 36.4 Å². The van der Waals surface area contributed by atoms with Crippen molar-refractivity contribution in [2.45, 2.75) is 39.0 Å². The normalized spacial score (nSPS) is 19.1. The van der Waals surface area contributed by atoms with E-state index < -0.39 is 0 Å². The van der Waals surface area contributed by atoms with Crippen molar-refractivity contribution in [1.82, 2.24) is 14.8 Å². The van der Waals surface area contributed by atoms with E-state index in [0.29, 0.717) is 50.5 Å². The molecule has 7 nitrogen and oxygen atoms in total. The van der Waals surface area contributed by atoms with Gasteiger partial charge in [-0.1, -0.05) is 37.3 Å². The molecular formula is C23H26N4O3. The van der Waals surface area contributed by atoms with Gasteiger partial charge in [0.15, 0.2) is 0 Å². The molecule has 4 rings (SSSR count). The number of nitrogens with one attached hydrogen (secondary N) is 1. The van der Waals surface area contributed by atoms with Crippen molar-refractivity contribution >= 4 is 11.8 Å². The van der Waals surface area contributed by atoms with Gasteiger partial charge in [-0.3, -0.25) is 9.59 Å². The summed E-state index contributed by atoms with van der Waals surface area (Å²) in [6.45, 7) is 4.39. The summed E-state index contributed by atoms with van der Waals surface area (Å²) in [5.41, 5.74) is 2.78. The highest BCUT2D eigenvalue weighted by Crippen LogP contribution is 2.26. The number of carbonyl (C=O) groups is 2. The molecule has 1 aromatic carbocycles. The third-order valence-corrected chi connectivity index (χ3v) is 5.94. The maximum Gasteiger partial charge on any atom is 0.270 e. The summed E-state index contributed by atoms with van der Waals surface area (Å²) in [6.07, 6.45) is 1.46. The molecule has 2 atom stereocenters. The van der Waals surface area contributed by atoms with E-state index in [9.17, 15) is 9.59 Å². The van der Waals surface area contributed by atoms with E-state index in [1.807, 2.05) is 41.8 Å². The van der Waals surface area contributed by atoms with Crippen molar-refractivity contribution < 1.29 is 14.3 Å². The van der Waals surface area contributed by atoms with Crippen molar-refractivity contribution in [2.24, 2.45) is 5.92 Å². The highest BCUT2D eigenvalue weighted by molar-refractivity contribution is 6.01. The third-order valence-electron chi connectivity index (χ3n) is 5.94. The van der Waals surface area contributed by atoms with Gasteiger partial charge in [0.1, 0.15) is 5.69 Å². The number of fused-ring (bicyclic) bond motifs is 1. The summed E-state index contributed by atoms with van der Waals surface area (Å²) < 4.78 is 7.49. The fourth-order valence-corrected chi connectivity index (χ4v) is 4.25. The van der Waals surface area contributed by atoms with Gasteiger partial charge in [-0.15, -0.1) is 0 Å². The van der Waals surface area contributed by atoms with Crippen molar-refractivity contribution in [3.05, 3.63) is 58.9 Å². The number of ether oxygens (including phenoxy) is 1. The number of amides is 2. The number of nitrogens with zero attached hydrogens (tertiary/aromatic N) is 3. The second kappa shape index (κ2) is 8.72. The Bertz CT molecular complexity index is 976. The number of rotatable bonds is 5. The number of hydrogen-bond acceptors (Lipinski definition) is 4. The molecule has 7 heteroatoms. The molecule has 0 radical (unpaired) electrons. The van der Waals surface area contributed by atoms with Crippen LogP contribution in [0.2, 0.25) is 0 Å². The number of hydrogen-bond donors (Lipinski definition) is 1. The maximum atomic E-state index is 13.2. The van der Waals surface area contributed by atoms with Crippen LogP contribution in [0.25, 0.3) is 0 Å². The van der Waals surface area contributed by atoms with Crippen LogP contribution in [-0.2, 0) is 17.9 Å². The average molecular weight is 406 g/mol. The maximum absolute atomic E-state index is 13.2. The number of benzene rings is 1. The van der Waals surface area contributed by atoms with Crippen LogP contribution in [0.5, 0.6) is 0 Å². The molecule has 1 saturated heterocycles. The number of nitriles is 1. The van der Waals surface area contributed by atoms with Crippen LogP contribution in [0.4, 0.5) is 0 Å². The van der Waals surface area contributed by atoms with E-state index in [2.05, 4.69) is 11.4 Å².